The van der Waals surface area contributed by atoms with Crippen molar-refractivity contribution in [1.82, 2.24) is 10.3 Å². The van der Waals surface area contributed by atoms with Crippen molar-refractivity contribution in [1.29, 1.82) is 0 Å². The summed E-state index contributed by atoms with van der Waals surface area (Å²) >= 11 is 1.20. The van der Waals surface area contributed by atoms with Crippen LogP contribution in [0.25, 0.3) is 0 Å². The Morgan fingerprint density at radius 2 is 2.21 bits per heavy atom. The molecule has 2 atom stereocenters. The van der Waals surface area contributed by atoms with Gasteiger partial charge in [-0.1, -0.05) is 37.7 Å². The highest BCUT2D eigenvalue weighted by molar-refractivity contribution is 7.17. The van der Waals surface area contributed by atoms with Gasteiger partial charge >= 0.3 is 0 Å². The molecule has 1 aromatic heterocycles. The molecule has 0 aromatic carbocycles. The molecule has 2 amide bonds. The number of nitrogens with zero attached hydrogens (tertiary/aromatic N) is 1. The second-order valence-electron chi connectivity index (χ2n) is 6.12. The lowest BCUT2D eigenvalue weighted by Gasteiger charge is -2.19. The van der Waals surface area contributed by atoms with Crippen molar-refractivity contribution in [2.45, 2.75) is 39.5 Å². The Hall–Kier alpha value is -2.02. The number of ketones is 1. The van der Waals surface area contributed by atoms with Crippen molar-refractivity contribution in [3.05, 3.63) is 23.2 Å². The summed E-state index contributed by atoms with van der Waals surface area (Å²) in [6.45, 7) is 7.99. The number of carbonyl (C=O) groups excluding carboxylic acids is 3. The highest BCUT2D eigenvalue weighted by atomic mass is 32.1. The lowest BCUT2D eigenvalue weighted by molar-refractivity contribution is -0.124. The maximum Gasteiger partial charge on any atom is 0.226 e. The quantitative estimate of drug-likeness (QED) is 0.741. The van der Waals surface area contributed by atoms with Crippen LogP contribution < -0.4 is 10.6 Å². The van der Waals surface area contributed by atoms with Gasteiger partial charge < -0.3 is 10.6 Å². The number of fused-ring (bicyclic) bond motifs is 1. The van der Waals surface area contributed by atoms with Crippen LogP contribution >= 0.6 is 11.3 Å². The molecular weight excluding hydrogens is 326 g/mol. The third kappa shape index (κ3) is 4.50. The number of thiazole rings is 1. The molecule has 7 heteroatoms. The van der Waals surface area contributed by atoms with Crippen LogP contribution in [-0.4, -0.2) is 29.1 Å². The number of amides is 2. The number of hydrogen-bond donors (Lipinski definition) is 2. The monoisotopic (exact) mass is 349 g/mol. The van der Waals surface area contributed by atoms with E-state index >= 15 is 0 Å². The molecule has 6 nitrogen and oxygen atoms in total. The Kier molecular flexibility index (Phi) is 6.25. The molecule has 2 rings (SSSR count). The molecule has 1 aliphatic rings. The van der Waals surface area contributed by atoms with Gasteiger partial charge in [0.25, 0.3) is 0 Å². The van der Waals surface area contributed by atoms with Gasteiger partial charge in [0.1, 0.15) is 0 Å². The first kappa shape index (κ1) is 18.3. The Morgan fingerprint density at radius 1 is 1.46 bits per heavy atom. The first-order chi connectivity index (χ1) is 11.4. The molecule has 1 heterocycles. The number of carbonyl (C=O) groups is 3. The van der Waals surface area contributed by atoms with Crippen LogP contribution in [0.4, 0.5) is 5.13 Å². The second kappa shape index (κ2) is 8.19. The highest BCUT2D eigenvalue weighted by Gasteiger charge is 2.33. The summed E-state index contributed by atoms with van der Waals surface area (Å²) in [6.07, 6.45) is 3.56. The van der Waals surface area contributed by atoms with Gasteiger partial charge in [-0.25, -0.2) is 4.98 Å². The van der Waals surface area contributed by atoms with Crippen molar-refractivity contribution >= 4 is 34.1 Å². The molecule has 0 saturated heterocycles. The summed E-state index contributed by atoms with van der Waals surface area (Å²) in [5.41, 5.74) is 0.605. The lowest BCUT2D eigenvalue weighted by Crippen LogP contribution is -2.35. The fraction of sp³-hybridized carbons (Fsp3) is 0.529. The van der Waals surface area contributed by atoms with E-state index in [1.54, 1.807) is 6.08 Å². The Bertz CT molecular complexity index is 654. The minimum atomic E-state index is -0.407. The van der Waals surface area contributed by atoms with Gasteiger partial charge in [0.15, 0.2) is 10.9 Å². The second-order valence-corrected chi connectivity index (χ2v) is 7.12. The molecule has 0 aliphatic heterocycles. The molecule has 0 spiro atoms. The zero-order chi connectivity index (χ0) is 17.7. The van der Waals surface area contributed by atoms with Crippen molar-refractivity contribution in [2.24, 2.45) is 11.8 Å². The summed E-state index contributed by atoms with van der Waals surface area (Å²) < 4.78 is 0. The number of aromatic nitrogens is 1. The number of hydrogen-bond acceptors (Lipinski definition) is 5. The number of Topliss-reactive ketones (excluding diaryl/α,β-unsaturated/α-hetero) is 1. The summed E-state index contributed by atoms with van der Waals surface area (Å²) in [5, 5.41) is 5.92. The van der Waals surface area contributed by atoms with E-state index in [1.807, 2.05) is 13.8 Å². The van der Waals surface area contributed by atoms with E-state index in [9.17, 15) is 14.4 Å². The number of nitrogens with one attached hydrogen (secondary N) is 2. The third-order valence-corrected chi connectivity index (χ3v) is 5.14. The smallest absolute Gasteiger partial charge is 0.226 e. The van der Waals surface area contributed by atoms with Gasteiger partial charge in [-0.15, -0.1) is 6.58 Å². The summed E-state index contributed by atoms with van der Waals surface area (Å²) in [6, 6.07) is 0. The van der Waals surface area contributed by atoms with Crippen molar-refractivity contribution in [3.8, 4) is 0 Å². The van der Waals surface area contributed by atoms with Crippen molar-refractivity contribution in [2.75, 3.05) is 11.9 Å². The third-order valence-electron chi connectivity index (χ3n) is 4.09. The molecule has 1 aromatic rings. The van der Waals surface area contributed by atoms with E-state index < -0.39 is 5.92 Å². The van der Waals surface area contributed by atoms with E-state index in [2.05, 4.69) is 22.2 Å². The predicted molar refractivity (Wildman–Crippen MR) is 94.2 cm³/mol. The average molecular weight is 349 g/mol. The van der Waals surface area contributed by atoms with E-state index in [-0.39, 0.29) is 24.0 Å². The minimum absolute atomic E-state index is 0.0880. The first-order valence-corrected chi connectivity index (χ1v) is 8.97. The Morgan fingerprint density at radius 3 is 2.88 bits per heavy atom. The van der Waals surface area contributed by atoms with Crippen LogP contribution in [-0.2, 0) is 16.0 Å². The van der Waals surface area contributed by atoms with Gasteiger partial charge in [0, 0.05) is 25.8 Å². The molecular formula is C17H23N3O3S. The van der Waals surface area contributed by atoms with Crippen LogP contribution in [0.3, 0.4) is 0 Å². The zero-order valence-corrected chi connectivity index (χ0v) is 14.9. The summed E-state index contributed by atoms with van der Waals surface area (Å²) in [7, 11) is 0. The molecule has 0 saturated carbocycles. The van der Waals surface area contributed by atoms with E-state index in [0.29, 0.717) is 41.0 Å². The van der Waals surface area contributed by atoms with Crippen LogP contribution in [0.5, 0.6) is 0 Å². The molecule has 24 heavy (non-hydrogen) atoms. The van der Waals surface area contributed by atoms with Crippen LogP contribution in [0.15, 0.2) is 12.7 Å². The maximum atomic E-state index is 12.3. The van der Waals surface area contributed by atoms with E-state index in [1.165, 1.54) is 11.3 Å². The van der Waals surface area contributed by atoms with Gasteiger partial charge in [-0.3, -0.25) is 14.4 Å². The minimum Gasteiger partial charge on any atom is -0.352 e. The van der Waals surface area contributed by atoms with Gasteiger partial charge in [0.05, 0.1) is 16.5 Å². The number of anilines is 1. The van der Waals surface area contributed by atoms with Crippen molar-refractivity contribution < 1.29 is 14.4 Å². The molecule has 0 radical (unpaired) electrons. The highest BCUT2D eigenvalue weighted by Crippen LogP contribution is 2.32. The van der Waals surface area contributed by atoms with Gasteiger partial charge in [-0.2, -0.15) is 0 Å². The predicted octanol–water partition coefficient (Wildman–Crippen LogP) is 2.57. The zero-order valence-electron chi connectivity index (χ0n) is 14.1. The van der Waals surface area contributed by atoms with E-state index in [0.717, 1.165) is 6.42 Å². The molecule has 2 N–H and O–H groups in total. The van der Waals surface area contributed by atoms with Crippen LogP contribution in [0.2, 0.25) is 0 Å². The Labute approximate surface area is 145 Å². The summed E-state index contributed by atoms with van der Waals surface area (Å²) in [4.78, 5) is 41.2. The topological polar surface area (TPSA) is 88.2 Å². The summed E-state index contributed by atoms with van der Waals surface area (Å²) in [5.74, 6) is -0.447. The van der Waals surface area contributed by atoms with Gasteiger partial charge in [-0.05, 0) is 5.92 Å². The molecule has 0 fully saturated rings. The average Bonchev–Trinajstić information content (AvgIpc) is 2.95. The normalized spacial score (nSPS) is 17.8. The van der Waals surface area contributed by atoms with Crippen LogP contribution in [0.1, 0.15) is 48.5 Å². The SMILES string of the molecule is C=CCNC(=O)[C@H]1CC(=O)c2sc(NC(=O)C[C@H](C)CC)nc2C1. The fourth-order valence-corrected chi connectivity index (χ4v) is 3.48. The number of rotatable bonds is 7. The lowest BCUT2D eigenvalue weighted by atomic mass is 9.89. The standard InChI is InChI=1S/C17H23N3O3S/c1-4-6-18-16(23)11-8-12-15(13(21)9-11)24-17(19-12)20-14(22)7-10(3)5-2/h4,10-11H,1,5-9H2,2-3H3,(H,18,23)(H,19,20,22)/t10-,11-/m1/s1. The Balaban J connectivity index is 2.04. The molecule has 130 valence electrons. The van der Waals surface area contributed by atoms with Gasteiger partial charge in [0.2, 0.25) is 11.8 Å². The fourth-order valence-electron chi connectivity index (χ4n) is 2.52. The largest absolute Gasteiger partial charge is 0.352 e. The maximum absolute atomic E-state index is 12.3. The molecule has 1 aliphatic carbocycles. The van der Waals surface area contributed by atoms with Crippen molar-refractivity contribution in [3.63, 3.8) is 0 Å². The van der Waals surface area contributed by atoms with Crippen LogP contribution in [0, 0.1) is 11.8 Å². The first-order valence-electron chi connectivity index (χ1n) is 8.15. The molecule has 0 unspecified atom stereocenters. The van der Waals surface area contributed by atoms with E-state index in [4.69, 9.17) is 0 Å². The molecule has 0 bridgehead atoms.